The summed E-state index contributed by atoms with van der Waals surface area (Å²) in [5, 5.41) is 10.1. The molecule has 1 amide bonds. The Morgan fingerprint density at radius 2 is 1.70 bits per heavy atom. The molecule has 5 rings (SSSR count). The van der Waals surface area contributed by atoms with Gasteiger partial charge in [0.2, 0.25) is 0 Å². The molecule has 0 N–H and O–H groups in total. The number of benzene rings is 2. The molecular formula is C25H23Cl2N7O2S. The van der Waals surface area contributed by atoms with Gasteiger partial charge in [0.25, 0.3) is 5.91 Å². The molecule has 190 valence electrons. The van der Waals surface area contributed by atoms with Gasteiger partial charge in [-0.25, -0.2) is 14.6 Å². The highest BCUT2D eigenvalue weighted by Crippen LogP contribution is 2.30. The Bertz CT molecular complexity index is 1370. The predicted octanol–water partition coefficient (Wildman–Crippen LogP) is 4.63. The number of para-hydroxylation sites is 2. The van der Waals surface area contributed by atoms with Crippen LogP contribution in [0.1, 0.15) is 16.2 Å². The topological polar surface area (TPSA) is 89.3 Å². The molecule has 0 saturated carbocycles. The molecule has 3 heterocycles. The number of thioether (sulfide) groups is 1. The summed E-state index contributed by atoms with van der Waals surface area (Å²) < 4.78 is 7.11. The van der Waals surface area contributed by atoms with Crippen molar-refractivity contribution in [1.29, 1.82) is 0 Å². The quantitative estimate of drug-likeness (QED) is 0.241. The van der Waals surface area contributed by atoms with Crippen LogP contribution in [0.2, 0.25) is 10.0 Å². The maximum atomic E-state index is 13.7. The Balaban J connectivity index is 1.39. The van der Waals surface area contributed by atoms with Crippen molar-refractivity contribution in [2.75, 3.05) is 38.2 Å². The second-order valence-corrected chi connectivity index (χ2v) is 10.0. The fourth-order valence-electron chi connectivity index (χ4n) is 4.15. The number of halogens is 2. The Labute approximate surface area is 228 Å². The Hall–Kier alpha value is -3.34. The normalized spacial score (nSPS) is 13.6. The van der Waals surface area contributed by atoms with E-state index in [0.29, 0.717) is 58.5 Å². The molecule has 0 aliphatic carbocycles. The van der Waals surface area contributed by atoms with Crippen LogP contribution in [0.3, 0.4) is 0 Å². The van der Waals surface area contributed by atoms with Gasteiger partial charge in [0.15, 0.2) is 10.9 Å². The van der Waals surface area contributed by atoms with E-state index in [0.717, 1.165) is 11.4 Å². The van der Waals surface area contributed by atoms with E-state index in [-0.39, 0.29) is 11.6 Å². The summed E-state index contributed by atoms with van der Waals surface area (Å²) in [4.78, 5) is 26.2. The molecule has 1 aliphatic rings. The number of hydrogen-bond donors (Lipinski definition) is 0. The molecule has 12 heteroatoms. The average molecular weight is 556 g/mol. The monoisotopic (exact) mass is 555 g/mol. The summed E-state index contributed by atoms with van der Waals surface area (Å²) in [5.74, 6) is 1.01. The van der Waals surface area contributed by atoms with E-state index < -0.39 is 0 Å². The first kappa shape index (κ1) is 25.3. The summed E-state index contributed by atoms with van der Waals surface area (Å²) in [5.41, 5.74) is 2.54. The number of anilines is 1. The molecule has 1 fully saturated rings. The van der Waals surface area contributed by atoms with Crippen LogP contribution in [-0.2, 0) is 5.75 Å². The van der Waals surface area contributed by atoms with Gasteiger partial charge < -0.3 is 14.5 Å². The van der Waals surface area contributed by atoms with Crippen LogP contribution < -0.4 is 9.64 Å². The number of hydrogen-bond acceptors (Lipinski definition) is 8. The summed E-state index contributed by atoms with van der Waals surface area (Å²) in [6.45, 7) is 2.43. The second-order valence-electron chi connectivity index (χ2n) is 8.20. The van der Waals surface area contributed by atoms with Gasteiger partial charge >= 0.3 is 0 Å². The molecule has 1 aliphatic heterocycles. The van der Waals surface area contributed by atoms with E-state index >= 15 is 0 Å². The summed E-state index contributed by atoms with van der Waals surface area (Å²) >= 11 is 13.9. The van der Waals surface area contributed by atoms with Crippen LogP contribution in [0.25, 0.3) is 5.69 Å². The SMILES string of the molecule is COc1ccccc1N1CCN(C(=O)c2nnn(-c3cc(Cl)cc(Cl)c3)c2CSc2ncccn2)CC1. The maximum Gasteiger partial charge on any atom is 0.276 e. The highest BCUT2D eigenvalue weighted by molar-refractivity contribution is 7.98. The average Bonchev–Trinajstić information content (AvgIpc) is 3.35. The maximum absolute atomic E-state index is 13.7. The van der Waals surface area contributed by atoms with Gasteiger partial charge in [-0.3, -0.25) is 4.79 Å². The third kappa shape index (κ3) is 5.66. The number of aromatic nitrogens is 5. The minimum absolute atomic E-state index is 0.177. The molecule has 4 aromatic rings. The Morgan fingerprint density at radius 1 is 1.00 bits per heavy atom. The van der Waals surface area contributed by atoms with Gasteiger partial charge in [-0.15, -0.1) is 5.10 Å². The van der Waals surface area contributed by atoms with E-state index in [9.17, 15) is 4.79 Å². The van der Waals surface area contributed by atoms with E-state index in [2.05, 4.69) is 25.2 Å². The van der Waals surface area contributed by atoms with Crippen LogP contribution in [0, 0.1) is 0 Å². The lowest BCUT2D eigenvalue weighted by molar-refractivity contribution is 0.0740. The molecule has 0 atom stereocenters. The minimum Gasteiger partial charge on any atom is -0.495 e. The molecule has 2 aromatic carbocycles. The molecule has 0 radical (unpaired) electrons. The molecular weight excluding hydrogens is 533 g/mol. The Kier molecular flexibility index (Phi) is 7.78. The number of carbonyl (C=O) groups is 1. The molecule has 0 bridgehead atoms. The number of ether oxygens (including phenoxy) is 1. The highest BCUT2D eigenvalue weighted by Gasteiger charge is 2.29. The second kappa shape index (κ2) is 11.4. The molecule has 0 spiro atoms. The third-order valence-electron chi connectivity index (χ3n) is 5.93. The van der Waals surface area contributed by atoms with Gasteiger partial charge in [0.05, 0.1) is 24.2 Å². The van der Waals surface area contributed by atoms with Crippen molar-refractivity contribution in [2.45, 2.75) is 10.9 Å². The number of methoxy groups -OCH3 is 1. The van der Waals surface area contributed by atoms with Crippen molar-refractivity contribution in [3.05, 3.63) is 82.4 Å². The fraction of sp³-hybridized carbons (Fsp3) is 0.240. The number of amides is 1. The van der Waals surface area contributed by atoms with E-state index in [1.807, 2.05) is 24.3 Å². The fourth-order valence-corrected chi connectivity index (χ4v) is 5.46. The number of piperazine rings is 1. The lowest BCUT2D eigenvalue weighted by Crippen LogP contribution is -2.49. The lowest BCUT2D eigenvalue weighted by Gasteiger charge is -2.36. The third-order valence-corrected chi connectivity index (χ3v) is 7.25. The van der Waals surface area contributed by atoms with Gasteiger partial charge in [-0.2, -0.15) is 0 Å². The molecule has 0 unspecified atom stereocenters. The molecule has 9 nitrogen and oxygen atoms in total. The number of carbonyl (C=O) groups excluding carboxylic acids is 1. The highest BCUT2D eigenvalue weighted by atomic mass is 35.5. The van der Waals surface area contributed by atoms with Crippen LogP contribution in [0.5, 0.6) is 5.75 Å². The number of rotatable bonds is 7. The van der Waals surface area contributed by atoms with Gasteiger partial charge in [-0.1, -0.05) is 52.3 Å². The van der Waals surface area contributed by atoms with Crippen molar-refractivity contribution >= 4 is 46.6 Å². The van der Waals surface area contributed by atoms with Crippen molar-refractivity contribution in [1.82, 2.24) is 29.9 Å². The lowest BCUT2D eigenvalue weighted by atomic mass is 10.2. The van der Waals surface area contributed by atoms with E-state index in [4.69, 9.17) is 27.9 Å². The van der Waals surface area contributed by atoms with Crippen LogP contribution in [0.15, 0.2) is 66.1 Å². The van der Waals surface area contributed by atoms with Crippen LogP contribution in [0.4, 0.5) is 5.69 Å². The summed E-state index contributed by atoms with van der Waals surface area (Å²) in [7, 11) is 1.66. The van der Waals surface area contributed by atoms with Crippen LogP contribution in [-0.4, -0.2) is 69.1 Å². The van der Waals surface area contributed by atoms with Gasteiger partial charge in [-0.05, 0) is 36.4 Å². The molecule has 2 aromatic heterocycles. The largest absolute Gasteiger partial charge is 0.495 e. The first-order valence-electron chi connectivity index (χ1n) is 11.5. The molecule has 1 saturated heterocycles. The first-order valence-corrected chi connectivity index (χ1v) is 13.3. The van der Waals surface area contributed by atoms with Crippen molar-refractivity contribution in [3.8, 4) is 11.4 Å². The number of nitrogens with zero attached hydrogens (tertiary/aromatic N) is 7. The van der Waals surface area contributed by atoms with Gasteiger partial charge in [0, 0.05) is 54.4 Å². The van der Waals surface area contributed by atoms with E-state index in [1.54, 1.807) is 53.4 Å². The van der Waals surface area contributed by atoms with Crippen molar-refractivity contribution < 1.29 is 9.53 Å². The summed E-state index contributed by atoms with van der Waals surface area (Å²) in [6, 6.07) is 14.7. The molecule has 37 heavy (non-hydrogen) atoms. The zero-order valence-corrected chi connectivity index (χ0v) is 22.2. The summed E-state index contributed by atoms with van der Waals surface area (Å²) in [6.07, 6.45) is 3.35. The first-order chi connectivity index (χ1) is 18.0. The Morgan fingerprint density at radius 3 is 2.41 bits per heavy atom. The smallest absolute Gasteiger partial charge is 0.276 e. The van der Waals surface area contributed by atoms with Crippen LogP contribution >= 0.6 is 35.0 Å². The zero-order chi connectivity index (χ0) is 25.8. The standard InChI is InChI=1S/C25H23Cl2N7O2S/c1-36-22-6-3-2-5-20(22)32-9-11-33(12-10-32)24(35)23-21(16-37-25-28-7-4-8-29-25)34(31-30-23)19-14-17(26)13-18(27)15-19/h2-8,13-15H,9-12,16H2,1H3. The minimum atomic E-state index is -0.177. The van der Waals surface area contributed by atoms with E-state index in [1.165, 1.54) is 11.8 Å². The predicted molar refractivity (Wildman–Crippen MR) is 144 cm³/mol. The van der Waals surface area contributed by atoms with Crippen molar-refractivity contribution in [3.63, 3.8) is 0 Å². The van der Waals surface area contributed by atoms with Crippen molar-refractivity contribution in [2.24, 2.45) is 0 Å². The van der Waals surface area contributed by atoms with Gasteiger partial charge in [0.1, 0.15) is 5.75 Å². The zero-order valence-electron chi connectivity index (χ0n) is 19.9.